The minimum atomic E-state index is -3.67. The molecule has 1 aliphatic rings. The molecule has 0 aliphatic carbocycles. The number of benzene rings is 3. The first-order valence-corrected chi connectivity index (χ1v) is 14.4. The summed E-state index contributed by atoms with van der Waals surface area (Å²) >= 11 is 0. The van der Waals surface area contributed by atoms with E-state index in [1.165, 1.54) is 29.5 Å². The number of rotatable bonds is 9. The number of piperazine rings is 1. The molecule has 1 saturated heterocycles. The average Bonchev–Trinajstić information content (AvgIpc) is 3.51. The first-order chi connectivity index (χ1) is 19.0. The number of carbonyl (C=O) groups excluding carboxylic acids is 1. The molecular weight excluding hydrogens is 510 g/mol. The lowest BCUT2D eigenvalue weighted by molar-refractivity contribution is -0.127. The van der Waals surface area contributed by atoms with Crippen LogP contribution in [0.25, 0.3) is 6.08 Å². The Balaban J connectivity index is 1.18. The van der Waals surface area contributed by atoms with Gasteiger partial charge in [-0.3, -0.25) is 9.69 Å². The minimum absolute atomic E-state index is 0.0533. The van der Waals surface area contributed by atoms with Crippen LogP contribution in [0.1, 0.15) is 28.5 Å². The Morgan fingerprint density at radius 2 is 1.44 bits per heavy atom. The highest BCUT2D eigenvalue weighted by atomic mass is 32.2. The second kappa shape index (κ2) is 12.3. The molecule has 8 heteroatoms. The number of nitrogens with zero attached hydrogens (tertiary/aromatic N) is 2. The van der Waals surface area contributed by atoms with Crippen molar-refractivity contribution in [1.82, 2.24) is 14.5 Å². The van der Waals surface area contributed by atoms with Gasteiger partial charge in [0, 0.05) is 32.3 Å². The molecule has 0 saturated carbocycles. The molecule has 0 bridgehead atoms. The van der Waals surface area contributed by atoms with Crippen molar-refractivity contribution in [2.45, 2.75) is 17.5 Å². The predicted octanol–water partition coefficient (Wildman–Crippen LogP) is 4.71. The third-order valence-corrected chi connectivity index (χ3v) is 8.26. The molecule has 0 atom stereocenters. The molecule has 1 aliphatic heterocycles. The smallest absolute Gasteiger partial charge is 0.246 e. The van der Waals surface area contributed by atoms with E-state index in [0.29, 0.717) is 18.8 Å². The molecule has 7 nitrogen and oxygen atoms in total. The molecule has 0 unspecified atom stereocenters. The van der Waals surface area contributed by atoms with Crippen molar-refractivity contribution >= 4 is 22.0 Å². The number of hydrogen-bond donors (Lipinski definition) is 1. The van der Waals surface area contributed by atoms with Crippen molar-refractivity contribution in [2.75, 3.05) is 26.2 Å². The topological polar surface area (TPSA) is 82.9 Å². The number of sulfonamides is 1. The van der Waals surface area contributed by atoms with Crippen LogP contribution in [0.5, 0.6) is 0 Å². The number of furan rings is 1. The lowest BCUT2D eigenvalue weighted by atomic mass is 9.96. The number of amides is 1. The van der Waals surface area contributed by atoms with Gasteiger partial charge in [0.05, 0.1) is 23.7 Å². The first-order valence-electron chi connectivity index (χ1n) is 12.9. The number of hydrogen-bond acceptors (Lipinski definition) is 5. The summed E-state index contributed by atoms with van der Waals surface area (Å²) in [5.41, 5.74) is 3.23. The van der Waals surface area contributed by atoms with Crippen molar-refractivity contribution in [3.8, 4) is 0 Å². The number of nitrogens with one attached hydrogen (secondary N) is 1. The highest BCUT2D eigenvalue weighted by molar-refractivity contribution is 7.89. The van der Waals surface area contributed by atoms with E-state index < -0.39 is 10.0 Å². The largest absolute Gasteiger partial charge is 0.468 e. The fourth-order valence-electron chi connectivity index (χ4n) is 4.78. The number of carbonyl (C=O) groups is 1. The quantitative estimate of drug-likeness (QED) is 0.311. The van der Waals surface area contributed by atoms with E-state index in [1.807, 2.05) is 17.0 Å². The van der Waals surface area contributed by atoms with E-state index in [9.17, 15) is 13.2 Å². The van der Waals surface area contributed by atoms with Gasteiger partial charge in [-0.15, -0.1) is 0 Å². The average molecular weight is 542 g/mol. The van der Waals surface area contributed by atoms with E-state index >= 15 is 0 Å². The van der Waals surface area contributed by atoms with Gasteiger partial charge >= 0.3 is 0 Å². The normalized spacial score (nSPS) is 14.7. The highest BCUT2D eigenvalue weighted by Crippen LogP contribution is 2.29. The van der Waals surface area contributed by atoms with Gasteiger partial charge in [-0.25, -0.2) is 13.1 Å². The molecule has 1 aromatic heterocycles. The zero-order chi connectivity index (χ0) is 27.1. The maximum absolute atomic E-state index is 12.9. The van der Waals surface area contributed by atoms with Crippen molar-refractivity contribution in [2.24, 2.45) is 0 Å². The minimum Gasteiger partial charge on any atom is -0.468 e. The van der Waals surface area contributed by atoms with E-state index in [-0.39, 0.29) is 23.4 Å². The lowest BCUT2D eigenvalue weighted by Gasteiger charge is -2.39. The van der Waals surface area contributed by atoms with Crippen molar-refractivity contribution in [1.29, 1.82) is 0 Å². The lowest BCUT2D eigenvalue weighted by Crippen LogP contribution is -2.49. The van der Waals surface area contributed by atoms with Crippen molar-refractivity contribution in [3.05, 3.63) is 132 Å². The predicted molar refractivity (Wildman–Crippen MR) is 151 cm³/mol. The van der Waals surface area contributed by atoms with E-state index in [0.717, 1.165) is 18.7 Å². The van der Waals surface area contributed by atoms with Crippen LogP contribution in [-0.4, -0.2) is 50.3 Å². The van der Waals surface area contributed by atoms with Gasteiger partial charge in [0.2, 0.25) is 15.9 Å². The summed E-state index contributed by atoms with van der Waals surface area (Å²) in [6.07, 6.45) is 4.77. The third kappa shape index (κ3) is 6.72. The van der Waals surface area contributed by atoms with Gasteiger partial charge in [-0.1, -0.05) is 72.8 Å². The van der Waals surface area contributed by atoms with Gasteiger partial charge < -0.3 is 9.32 Å². The monoisotopic (exact) mass is 541 g/mol. The van der Waals surface area contributed by atoms with Crippen LogP contribution in [0, 0.1) is 0 Å². The molecule has 3 aromatic carbocycles. The molecule has 0 radical (unpaired) electrons. The van der Waals surface area contributed by atoms with Crippen LogP contribution in [0.2, 0.25) is 0 Å². The second-order valence-electron chi connectivity index (χ2n) is 9.39. The van der Waals surface area contributed by atoms with Gasteiger partial charge in [-0.05, 0) is 47.0 Å². The van der Waals surface area contributed by atoms with Gasteiger partial charge in [0.15, 0.2) is 0 Å². The molecule has 1 N–H and O–H groups in total. The summed E-state index contributed by atoms with van der Waals surface area (Å²) in [6.45, 7) is 2.89. The van der Waals surface area contributed by atoms with Crippen LogP contribution < -0.4 is 4.72 Å². The first kappa shape index (κ1) is 26.6. The van der Waals surface area contributed by atoms with Crippen LogP contribution in [0.4, 0.5) is 0 Å². The third-order valence-electron chi connectivity index (χ3n) is 6.85. The summed E-state index contributed by atoms with van der Waals surface area (Å²) in [5, 5.41) is 0. The summed E-state index contributed by atoms with van der Waals surface area (Å²) in [5.74, 6) is 0.482. The van der Waals surface area contributed by atoms with E-state index in [1.54, 1.807) is 36.4 Å². The summed E-state index contributed by atoms with van der Waals surface area (Å²) in [4.78, 5) is 17.4. The molecule has 4 aromatic rings. The summed E-state index contributed by atoms with van der Waals surface area (Å²) in [6, 6.07) is 30.9. The van der Waals surface area contributed by atoms with Crippen molar-refractivity contribution < 1.29 is 17.6 Å². The van der Waals surface area contributed by atoms with Gasteiger partial charge in [0.1, 0.15) is 5.76 Å². The standard InChI is InChI=1S/C31H31N3O4S/c35-30(18-15-25-13-16-29(17-14-25)39(36,37)32-24-28-12-7-23-38-28)33-19-21-34(22-20-33)31(26-8-3-1-4-9-26)27-10-5-2-6-11-27/h1-18,23,31-32H,19-22,24H2. The molecule has 0 spiro atoms. The van der Waals surface area contributed by atoms with Crippen LogP contribution >= 0.6 is 0 Å². The molecule has 5 rings (SSSR count). The Morgan fingerprint density at radius 3 is 2.00 bits per heavy atom. The zero-order valence-corrected chi connectivity index (χ0v) is 22.3. The Morgan fingerprint density at radius 1 is 0.821 bits per heavy atom. The van der Waals surface area contributed by atoms with E-state index in [4.69, 9.17) is 4.42 Å². The Labute approximate surface area is 229 Å². The van der Waals surface area contributed by atoms with Gasteiger partial charge in [0.25, 0.3) is 0 Å². The SMILES string of the molecule is O=C(C=Cc1ccc(S(=O)(=O)NCc2ccco2)cc1)N1CCN(C(c2ccccc2)c2ccccc2)CC1. The zero-order valence-electron chi connectivity index (χ0n) is 21.5. The Hall–Kier alpha value is -3.98. The maximum Gasteiger partial charge on any atom is 0.246 e. The van der Waals surface area contributed by atoms with Crippen molar-refractivity contribution in [3.63, 3.8) is 0 Å². The Bertz CT molecular complexity index is 1440. The molecule has 39 heavy (non-hydrogen) atoms. The van der Waals surface area contributed by atoms with E-state index in [2.05, 4.69) is 58.2 Å². The highest BCUT2D eigenvalue weighted by Gasteiger charge is 2.27. The molecule has 1 amide bonds. The fourth-order valence-corrected chi connectivity index (χ4v) is 5.77. The molecular formula is C31H31N3O4S. The van der Waals surface area contributed by atoms with Crippen LogP contribution in [-0.2, 0) is 21.4 Å². The van der Waals surface area contributed by atoms with Crippen LogP contribution in [0.15, 0.2) is 119 Å². The maximum atomic E-state index is 12.9. The summed E-state index contributed by atoms with van der Waals surface area (Å²) in [7, 11) is -3.67. The summed E-state index contributed by atoms with van der Waals surface area (Å²) < 4.78 is 32.8. The Kier molecular flexibility index (Phi) is 8.36. The van der Waals surface area contributed by atoms with Crippen LogP contribution in [0.3, 0.4) is 0 Å². The molecule has 1 fully saturated rings. The second-order valence-corrected chi connectivity index (χ2v) is 11.2. The molecule has 2 heterocycles. The van der Waals surface area contributed by atoms with Gasteiger partial charge in [-0.2, -0.15) is 0 Å². The fraction of sp³-hybridized carbons (Fsp3) is 0.194. The molecule has 200 valence electrons.